The molecular weight excluding hydrogens is 545 g/mol. The van der Waals surface area contributed by atoms with Gasteiger partial charge in [0.1, 0.15) is 17.4 Å². The SMILES string of the molecule is CC(N)=CC(=Nc1cc(C)nc(C)c1)N1C[C@H](S(=O)(=O)c2ccccc2C(F)(F)F)C[C@H]1C(=O)NC1(C#N)CC1. The summed E-state index contributed by atoms with van der Waals surface area (Å²) in [6.45, 7) is 4.82. The van der Waals surface area contributed by atoms with E-state index in [2.05, 4.69) is 21.4 Å². The van der Waals surface area contributed by atoms with Gasteiger partial charge in [0.05, 0.1) is 27.5 Å². The number of pyridine rings is 1. The van der Waals surface area contributed by atoms with Crippen molar-refractivity contribution in [2.24, 2.45) is 10.7 Å². The highest BCUT2D eigenvalue weighted by Gasteiger charge is 2.50. The lowest BCUT2D eigenvalue weighted by Crippen LogP contribution is -2.49. The van der Waals surface area contributed by atoms with Crippen LogP contribution in [0.3, 0.4) is 0 Å². The third-order valence-corrected chi connectivity index (χ3v) is 8.98. The third-order valence-electron chi connectivity index (χ3n) is 6.79. The van der Waals surface area contributed by atoms with E-state index in [1.807, 2.05) is 0 Å². The number of amides is 1. The maximum absolute atomic E-state index is 13.7. The Morgan fingerprint density at radius 3 is 2.42 bits per heavy atom. The number of aryl methyl sites for hydroxylation is 2. The van der Waals surface area contributed by atoms with Crippen LogP contribution in [0.25, 0.3) is 0 Å². The second kappa shape index (κ2) is 10.6. The average molecular weight is 575 g/mol. The maximum atomic E-state index is 13.7. The molecule has 2 aliphatic rings. The Labute approximate surface area is 230 Å². The summed E-state index contributed by atoms with van der Waals surface area (Å²) in [6, 6.07) is 8.30. The first-order chi connectivity index (χ1) is 18.6. The number of likely N-dealkylation sites (tertiary alicyclic amines) is 1. The van der Waals surface area contributed by atoms with Crippen molar-refractivity contribution in [2.75, 3.05) is 6.54 Å². The summed E-state index contributed by atoms with van der Waals surface area (Å²) in [5.74, 6) is -0.451. The standard InChI is InChI=1S/C27H29F3N6O3S/c1-16(32)10-24(34-19-11-17(2)33-18(3)12-19)36-14-20(13-22(36)25(37)35-26(15-31)8-9-26)40(38,39)23-7-5-4-6-21(23)27(28,29)30/h4-7,10-12,20,22H,8-9,13-14,32H2,1-3H3,(H,35,37)/t20-,22+/m1/s1. The summed E-state index contributed by atoms with van der Waals surface area (Å²) in [7, 11) is -4.56. The zero-order valence-electron chi connectivity index (χ0n) is 22.2. The van der Waals surface area contributed by atoms with Crippen molar-refractivity contribution in [1.29, 1.82) is 5.26 Å². The molecule has 40 heavy (non-hydrogen) atoms. The van der Waals surface area contributed by atoms with Gasteiger partial charge in [-0.15, -0.1) is 0 Å². The number of nitrogens with one attached hydrogen (secondary N) is 1. The molecule has 1 aliphatic heterocycles. The van der Waals surface area contributed by atoms with E-state index < -0.39 is 49.2 Å². The Bertz CT molecular complexity index is 1520. The number of alkyl halides is 3. The van der Waals surface area contributed by atoms with Crippen LogP contribution in [0.4, 0.5) is 18.9 Å². The molecule has 13 heteroatoms. The number of allylic oxidation sites excluding steroid dienone is 1. The van der Waals surface area contributed by atoms with Crippen LogP contribution in [-0.2, 0) is 20.8 Å². The molecular formula is C27H29F3N6O3S. The number of hydrogen-bond acceptors (Lipinski definition) is 7. The summed E-state index contributed by atoms with van der Waals surface area (Å²) < 4.78 is 68.6. The van der Waals surface area contributed by atoms with Crippen LogP contribution in [0.15, 0.2) is 58.1 Å². The summed E-state index contributed by atoms with van der Waals surface area (Å²) in [5.41, 5.74) is 5.78. The molecule has 9 nitrogen and oxygen atoms in total. The van der Waals surface area contributed by atoms with Crippen molar-refractivity contribution in [3.8, 4) is 6.07 Å². The van der Waals surface area contributed by atoms with Gasteiger partial charge in [-0.25, -0.2) is 13.4 Å². The molecule has 1 aromatic heterocycles. The number of aromatic nitrogens is 1. The van der Waals surface area contributed by atoms with Gasteiger partial charge in [-0.2, -0.15) is 18.4 Å². The Kier molecular flexibility index (Phi) is 7.68. The topological polar surface area (TPSA) is 142 Å². The number of aliphatic imine (C=N–C) groups is 1. The van der Waals surface area contributed by atoms with Gasteiger partial charge in [0, 0.05) is 23.6 Å². The number of halogens is 3. The molecule has 1 saturated carbocycles. The van der Waals surface area contributed by atoms with Gasteiger partial charge in [0.25, 0.3) is 0 Å². The highest BCUT2D eigenvalue weighted by atomic mass is 32.2. The number of benzene rings is 1. The quantitative estimate of drug-likeness (QED) is 0.396. The number of rotatable bonds is 6. The molecule has 212 valence electrons. The van der Waals surface area contributed by atoms with Crippen molar-refractivity contribution in [3.05, 3.63) is 65.1 Å². The number of carbonyl (C=O) groups excluding carboxylic acids is 1. The highest BCUT2D eigenvalue weighted by Crippen LogP contribution is 2.39. The molecule has 0 radical (unpaired) electrons. The van der Waals surface area contributed by atoms with E-state index in [0.717, 1.165) is 18.2 Å². The molecule has 4 rings (SSSR count). The van der Waals surface area contributed by atoms with Crippen LogP contribution in [0.5, 0.6) is 0 Å². The van der Waals surface area contributed by atoms with Crippen molar-refractivity contribution in [2.45, 2.75) is 67.9 Å². The number of nitriles is 1. The summed E-state index contributed by atoms with van der Waals surface area (Å²) in [4.78, 5) is 23.0. The van der Waals surface area contributed by atoms with Crippen LogP contribution in [0.1, 0.15) is 43.1 Å². The zero-order valence-corrected chi connectivity index (χ0v) is 23.0. The maximum Gasteiger partial charge on any atom is 0.417 e. The van der Waals surface area contributed by atoms with Gasteiger partial charge in [0.15, 0.2) is 9.84 Å². The molecule has 2 heterocycles. The van der Waals surface area contributed by atoms with Gasteiger partial charge in [-0.3, -0.25) is 9.78 Å². The Hall–Kier alpha value is -3.92. The van der Waals surface area contributed by atoms with Crippen LogP contribution in [0.2, 0.25) is 0 Å². The van der Waals surface area contributed by atoms with E-state index >= 15 is 0 Å². The second-order valence-electron chi connectivity index (χ2n) is 10.2. The molecule has 0 spiro atoms. The van der Waals surface area contributed by atoms with Gasteiger partial charge >= 0.3 is 6.18 Å². The fraction of sp³-hybridized carbons (Fsp3) is 0.407. The van der Waals surface area contributed by atoms with E-state index in [4.69, 9.17) is 5.73 Å². The highest BCUT2D eigenvalue weighted by molar-refractivity contribution is 7.92. The smallest absolute Gasteiger partial charge is 0.402 e. The molecule has 1 aromatic carbocycles. The fourth-order valence-electron chi connectivity index (χ4n) is 4.75. The average Bonchev–Trinajstić information content (AvgIpc) is 3.47. The van der Waals surface area contributed by atoms with E-state index in [1.54, 1.807) is 32.9 Å². The van der Waals surface area contributed by atoms with E-state index in [0.29, 0.717) is 35.6 Å². The number of carbonyl (C=O) groups is 1. The number of hydrogen-bond donors (Lipinski definition) is 2. The van der Waals surface area contributed by atoms with Crippen LogP contribution in [0, 0.1) is 25.2 Å². The zero-order chi connectivity index (χ0) is 29.5. The Morgan fingerprint density at radius 2 is 1.88 bits per heavy atom. The monoisotopic (exact) mass is 574 g/mol. The molecule has 3 N–H and O–H groups in total. The lowest BCUT2D eigenvalue weighted by Gasteiger charge is -2.27. The van der Waals surface area contributed by atoms with E-state index in [-0.39, 0.29) is 18.8 Å². The van der Waals surface area contributed by atoms with E-state index in [9.17, 15) is 31.6 Å². The number of amidine groups is 1. The molecule has 2 atom stereocenters. The van der Waals surface area contributed by atoms with Crippen molar-refractivity contribution >= 4 is 27.3 Å². The normalized spacial score (nSPS) is 21.2. The van der Waals surface area contributed by atoms with Crippen molar-refractivity contribution in [1.82, 2.24) is 15.2 Å². The van der Waals surface area contributed by atoms with Crippen LogP contribution < -0.4 is 11.1 Å². The lowest BCUT2D eigenvalue weighted by atomic mass is 10.1. The first kappa shape index (κ1) is 29.1. The second-order valence-corrected chi connectivity index (χ2v) is 12.4. The van der Waals surface area contributed by atoms with Crippen LogP contribution in [-0.4, -0.2) is 53.4 Å². The molecule has 0 unspecified atom stereocenters. The van der Waals surface area contributed by atoms with Gasteiger partial charge < -0.3 is 16.0 Å². The molecule has 2 aromatic rings. The van der Waals surface area contributed by atoms with Gasteiger partial charge in [0.2, 0.25) is 5.91 Å². The predicted octanol–water partition coefficient (Wildman–Crippen LogP) is 3.70. The molecule has 0 bridgehead atoms. The predicted molar refractivity (Wildman–Crippen MR) is 142 cm³/mol. The largest absolute Gasteiger partial charge is 0.417 e. The lowest BCUT2D eigenvalue weighted by molar-refractivity contribution is -0.139. The number of nitrogens with zero attached hydrogens (tertiary/aromatic N) is 4. The minimum absolute atomic E-state index is 0.161. The first-order valence-corrected chi connectivity index (χ1v) is 14.1. The first-order valence-electron chi connectivity index (χ1n) is 12.5. The number of sulfone groups is 1. The molecule has 2 fully saturated rings. The summed E-state index contributed by atoms with van der Waals surface area (Å²) >= 11 is 0. The summed E-state index contributed by atoms with van der Waals surface area (Å²) in [5, 5.41) is 10.8. The molecule has 1 amide bonds. The minimum Gasteiger partial charge on any atom is -0.402 e. The van der Waals surface area contributed by atoms with Crippen molar-refractivity contribution in [3.63, 3.8) is 0 Å². The van der Waals surface area contributed by atoms with Gasteiger partial charge in [-0.1, -0.05) is 12.1 Å². The fourth-order valence-corrected chi connectivity index (χ4v) is 6.66. The van der Waals surface area contributed by atoms with Crippen molar-refractivity contribution < 1.29 is 26.4 Å². The Balaban J connectivity index is 1.80. The Morgan fingerprint density at radius 1 is 1.25 bits per heavy atom. The molecule has 1 aliphatic carbocycles. The third kappa shape index (κ3) is 6.12. The van der Waals surface area contributed by atoms with Crippen LogP contribution >= 0.6 is 0 Å². The number of nitrogens with two attached hydrogens (primary N) is 1. The van der Waals surface area contributed by atoms with Gasteiger partial charge in [-0.05, 0) is 70.4 Å². The minimum atomic E-state index is -4.90. The molecule has 1 saturated heterocycles. The van der Waals surface area contributed by atoms with E-state index in [1.165, 1.54) is 17.0 Å². The summed E-state index contributed by atoms with van der Waals surface area (Å²) in [6.07, 6.45) is -2.84.